The van der Waals surface area contributed by atoms with Crippen molar-refractivity contribution in [2.24, 2.45) is 0 Å². The number of rotatable bonds is 3. The van der Waals surface area contributed by atoms with E-state index in [1.165, 1.54) is 12.1 Å². The minimum absolute atomic E-state index is 0.103. The third kappa shape index (κ3) is 3.78. The molecule has 2 aromatic carbocycles. The number of nitrogens with zero attached hydrogens (tertiary/aromatic N) is 3. The molecule has 0 spiro atoms. The van der Waals surface area contributed by atoms with E-state index >= 15 is 0 Å². The quantitative estimate of drug-likeness (QED) is 0.607. The maximum absolute atomic E-state index is 13.8. The van der Waals surface area contributed by atoms with Crippen molar-refractivity contribution in [3.05, 3.63) is 70.3 Å². The molecule has 1 amide bonds. The topological polar surface area (TPSA) is 59.2 Å². The monoisotopic (exact) mass is 429 g/mol. The van der Waals surface area contributed by atoms with Crippen LogP contribution in [-0.2, 0) is 0 Å². The molecule has 27 heavy (non-hydrogen) atoms. The van der Waals surface area contributed by atoms with Gasteiger partial charge in [-0.2, -0.15) is 4.98 Å². The molecule has 0 bridgehead atoms. The number of piperidine rings is 1. The molecule has 0 atom stereocenters. The van der Waals surface area contributed by atoms with Gasteiger partial charge < -0.3 is 9.42 Å². The molecular weight excluding hydrogens is 413 g/mol. The second kappa shape index (κ2) is 7.60. The number of benzene rings is 2. The predicted octanol–water partition coefficient (Wildman–Crippen LogP) is 4.66. The molecule has 138 valence electrons. The van der Waals surface area contributed by atoms with Crippen LogP contribution in [0.3, 0.4) is 0 Å². The summed E-state index contributed by atoms with van der Waals surface area (Å²) >= 11 is 3.40. The summed E-state index contributed by atoms with van der Waals surface area (Å²) in [7, 11) is 0. The minimum atomic E-state index is -0.485. The van der Waals surface area contributed by atoms with Crippen LogP contribution in [0.1, 0.15) is 35.0 Å². The highest BCUT2D eigenvalue weighted by atomic mass is 79.9. The molecule has 0 N–H and O–H groups in total. The van der Waals surface area contributed by atoms with Gasteiger partial charge in [-0.05, 0) is 49.2 Å². The standard InChI is InChI=1S/C20H17BrFN3O2/c21-15-7-5-13(6-8-15)18-23-19(27-24-18)14-9-11-25(12-10-14)20(26)16-3-1-2-4-17(16)22/h1-8,14H,9-12H2. The highest BCUT2D eigenvalue weighted by Crippen LogP contribution is 2.29. The number of halogens is 2. The zero-order valence-electron chi connectivity index (χ0n) is 14.4. The third-order valence-electron chi connectivity index (χ3n) is 4.78. The van der Waals surface area contributed by atoms with Crippen molar-refractivity contribution in [3.63, 3.8) is 0 Å². The van der Waals surface area contributed by atoms with E-state index < -0.39 is 5.82 Å². The first-order chi connectivity index (χ1) is 13.1. The summed E-state index contributed by atoms with van der Waals surface area (Å²) in [5.41, 5.74) is 1.01. The molecule has 0 unspecified atom stereocenters. The van der Waals surface area contributed by atoms with Gasteiger partial charge in [-0.25, -0.2) is 4.39 Å². The molecule has 2 heterocycles. The first kappa shape index (κ1) is 17.9. The van der Waals surface area contributed by atoms with E-state index in [4.69, 9.17) is 4.52 Å². The maximum atomic E-state index is 13.8. The van der Waals surface area contributed by atoms with Gasteiger partial charge in [-0.1, -0.05) is 33.2 Å². The van der Waals surface area contributed by atoms with E-state index in [1.54, 1.807) is 17.0 Å². The Hall–Kier alpha value is -2.54. The Morgan fingerprint density at radius 1 is 1.11 bits per heavy atom. The van der Waals surface area contributed by atoms with Crippen LogP contribution in [0.4, 0.5) is 4.39 Å². The van der Waals surface area contributed by atoms with Crippen LogP contribution >= 0.6 is 15.9 Å². The molecule has 0 radical (unpaired) electrons. The molecule has 4 rings (SSSR count). The number of likely N-dealkylation sites (tertiary alicyclic amines) is 1. The Balaban J connectivity index is 1.42. The highest BCUT2D eigenvalue weighted by molar-refractivity contribution is 9.10. The van der Waals surface area contributed by atoms with Gasteiger partial charge in [0.15, 0.2) is 0 Å². The summed E-state index contributed by atoms with van der Waals surface area (Å²) in [6, 6.07) is 13.8. The molecule has 0 saturated carbocycles. The van der Waals surface area contributed by atoms with Crippen molar-refractivity contribution >= 4 is 21.8 Å². The van der Waals surface area contributed by atoms with Crippen molar-refractivity contribution in [1.29, 1.82) is 0 Å². The van der Waals surface area contributed by atoms with Crippen LogP contribution < -0.4 is 0 Å². The van der Waals surface area contributed by atoms with Crippen molar-refractivity contribution in [2.45, 2.75) is 18.8 Å². The summed E-state index contributed by atoms with van der Waals surface area (Å²) in [6.07, 6.45) is 1.42. The largest absolute Gasteiger partial charge is 0.339 e. The first-order valence-electron chi connectivity index (χ1n) is 8.75. The lowest BCUT2D eigenvalue weighted by molar-refractivity contribution is 0.0700. The van der Waals surface area contributed by atoms with E-state index in [9.17, 15) is 9.18 Å². The van der Waals surface area contributed by atoms with E-state index in [-0.39, 0.29) is 17.4 Å². The molecular formula is C20H17BrFN3O2. The summed E-state index contributed by atoms with van der Waals surface area (Å²) in [4.78, 5) is 18.7. The molecule has 1 aliphatic rings. The second-order valence-electron chi connectivity index (χ2n) is 6.51. The van der Waals surface area contributed by atoms with E-state index in [1.807, 2.05) is 24.3 Å². The maximum Gasteiger partial charge on any atom is 0.256 e. The van der Waals surface area contributed by atoms with Gasteiger partial charge >= 0.3 is 0 Å². The first-order valence-corrected chi connectivity index (χ1v) is 9.54. The molecule has 5 nitrogen and oxygen atoms in total. The fourth-order valence-electron chi connectivity index (χ4n) is 3.25. The van der Waals surface area contributed by atoms with E-state index in [2.05, 4.69) is 26.1 Å². The normalized spacial score (nSPS) is 15.1. The van der Waals surface area contributed by atoms with E-state index in [0.29, 0.717) is 37.6 Å². The average Bonchev–Trinajstić information content (AvgIpc) is 3.19. The summed E-state index contributed by atoms with van der Waals surface area (Å²) < 4.78 is 20.3. The van der Waals surface area contributed by atoms with Crippen molar-refractivity contribution < 1.29 is 13.7 Å². The van der Waals surface area contributed by atoms with Crippen molar-refractivity contribution in [2.75, 3.05) is 13.1 Å². The average molecular weight is 430 g/mol. The smallest absolute Gasteiger partial charge is 0.256 e. The van der Waals surface area contributed by atoms with Crippen LogP contribution in [-0.4, -0.2) is 34.0 Å². The van der Waals surface area contributed by atoms with Crippen molar-refractivity contribution in [1.82, 2.24) is 15.0 Å². The molecule has 1 aromatic heterocycles. The van der Waals surface area contributed by atoms with Gasteiger partial charge in [0.05, 0.1) is 5.56 Å². The lowest BCUT2D eigenvalue weighted by atomic mass is 9.96. The molecule has 1 fully saturated rings. The van der Waals surface area contributed by atoms with Crippen LogP contribution in [0.15, 0.2) is 57.5 Å². The fraction of sp³-hybridized carbons (Fsp3) is 0.250. The van der Waals surface area contributed by atoms with Crippen molar-refractivity contribution in [3.8, 4) is 11.4 Å². The lowest BCUT2D eigenvalue weighted by Crippen LogP contribution is -2.38. The number of amides is 1. The summed E-state index contributed by atoms with van der Waals surface area (Å²) in [5, 5.41) is 4.07. The molecule has 7 heteroatoms. The summed E-state index contributed by atoms with van der Waals surface area (Å²) in [6.45, 7) is 1.07. The number of carbonyl (C=O) groups excluding carboxylic acids is 1. The van der Waals surface area contributed by atoms with Crippen LogP contribution in [0.2, 0.25) is 0 Å². The second-order valence-corrected chi connectivity index (χ2v) is 7.43. The zero-order valence-corrected chi connectivity index (χ0v) is 16.0. The Morgan fingerprint density at radius 3 is 2.52 bits per heavy atom. The number of hydrogen-bond donors (Lipinski definition) is 0. The molecule has 1 aliphatic heterocycles. The molecule has 1 saturated heterocycles. The van der Waals surface area contributed by atoms with Crippen LogP contribution in [0.25, 0.3) is 11.4 Å². The number of carbonyl (C=O) groups is 1. The van der Waals surface area contributed by atoms with Gasteiger partial charge in [0, 0.05) is 29.0 Å². The van der Waals surface area contributed by atoms with Gasteiger partial charge in [0.25, 0.3) is 5.91 Å². The Morgan fingerprint density at radius 2 is 1.81 bits per heavy atom. The Kier molecular flexibility index (Phi) is 5.03. The molecule has 3 aromatic rings. The number of aromatic nitrogens is 2. The van der Waals surface area contributed by atoms with Crippen LogP contribution in [0, 0.1) is 5.82 Å². The third-order valence-corrected chi connectivity index (χ3v) is 5.31. The van der Waals surface area contributed by atoms with Crippen LogP contribution in [0.5, 0.6) is 0 Å². The van der Waals surface area contributed by atoms with Gasteiger partial charge in [-0.15, -0.1) is 0 Å². The minimum Gasteiger partial charge on any atom is -0.339 e. The summed E-state index contributed by atoms with van der Waals surface area (Å²) in [5.74, 6) is 0.493. The predicted molar refractivity (Wildman–Crippen MR) is 102 cm³/mol. The van der Waals surface area contributed by atoms with Gasteiger partial charge in [0.1, 0.15) is 5.82 Å². The lowest BCUT2D eigenvalue weighted by Gasteiger charge is -2.30. The zero-order chi connectivity index (χ0) is 18.8. The Labute approximate surface area is 164 Å². The molecule has 0 aliphatic carbocycles. The Bertz CT molecular complexity index is 950. The SMILES string of the molecule is O=C(c1ccccc1F)N1CCC(c2nc(-c3ccc(Br)cc3)no2)CC1. The van der Waals surface area contributed by atoms with Gasteiger partial charge in [-0.3, -0.25) is 4.79 Å². The fourth-order valence-corrected chi connectivity index (χ4v) is 3.52. The van der Waals surface area contributed by atoms with E-state index in [0.717, 1.165) is 10.0 Å². The number of hydrogen-bond acceptors (Lipinski definition) is 4. The highest BCUT2D eigenvalue weighted by Gasteiger charge is 2.29. The van der Waals surface area contributed by atoms with Gasteiger partial charge in [0.2, 0.25) is 11.7 Å².